The van der Waals surface area contributed by atoms with Gasteiger partial charge in [-0.1, -0.05) is 51.0 Å². The van der Waals surface area contributed by atoms with E-state index in [4.69, 9.17) is 37.9 Å². The molecule has 0 aromatic carbocycles. The normalized spacial score (nSPS) is 55.0. The Morgan fingerprint density at radius 2 is 1.37 bits per heavy atom. The second kappa shape index (κ2) is 21.0. The summed E-state index contributed by atoms with van der Waals surface area (Å²) in [5.74, 6) is -1.08. The van der Waals surface area contributed by atoms with Gasteiger partial charge >= 0.3 is 5.97 Å². The molecule has 0 aromatic heterocycles. The molecule has 23 nitrogen and oxygen atoms in total. The van der Waals surface area contributed by atoms with Gasteiger partial charge < -0.3 is 109 Å². The number of allylic oxidation sites excluding steroid dienone is 4. The lowest BCUT2D eigenvalue weighted by molar-refractivity contribution is -0.375. The third kappa shape index (κ3) is 9.22. The maximum atomic E-state index is 14.9. The lowest BCUT2D eigenvalue weighted by Gasteiger charge is -2.70. The molecular formula is C52H80O23. The summed E-state index contributed by atoms with van der Waals surface area (Å²) in [5.41, 5.74) is -1.18. The number of aliphatic hydroxyl groups excluding tert-OH is 13. The number of esters is 1. The maximum Gasteiger partial charge on any atom is 0.315 e. The molecule has 0 aromatic rings. The van der Waals surface area contributed by atoms with E-state index >= 15 is 0 Å². The van der Waals surface area contributed by atoms with Crippen molar-refractivity contribution in [3.8, 4) is 0 Å². The van der Waals surface area contributed by atoms with E-state index in [2.05, 4.69) is 26.8 Å². The van der Waals surface area contributed by atoms with Gasteiger partial charge in [-0.15, -0.1) is 0 Å². The molecule has 0 amide bonds. The van der Waals surface area contributed by atoms with Crippen molar-refractivity contribution in [2.45, 2.75) is 222 Å². The van der Waals surface area contributed by atoms with Crippen molar-refractivity contribution in [3.63, 3.8) is 0 Å². The Morgan fingerprint density at radius 1 is 0.707 bits per heavy atom. The van der Waals surface area contributed by atoms with Gasteiger partial charge in [0.2, 0.25) is 6.29 Å². The summed E-state index contributed by atoms with van der Waals surface area (Å²) >= 11 is 0. The Balaban J connectivity index is 0.867. The summed E-state index contributed by atoms with van der Waals surface area (Å²) < 4.78 is 46.0. The van der Waals surface area contributed by atoms with Crippen molar-refractivity contribution < 1.29 is 114 Å². The maximum absolute atomic E-state index is 14.9. The van der Waals surface area contributed by atoms with Crippen molar-refractivity contribution in [1.29, 1.82) is 0 Å². The summed E-state index contributed by atoms with van der Waals surface area (Å²) in [6.07, 6.45) is -24.9. The number of carbonyl (C=O) groups excluding carboxylic acids is 2. The van der Waals surface area contributed by atoms with Crippen LogP contribution in [0.2, 0.25) is 0 Å². The Kier molecular flexibility index (Phi) is 16.1. The molecule has 7 fully saturated rings. The van der Waals surface area contributed by atoms with Crippen molar-refractivity contribution in [2.24, 2.45) is 44.8 Å². The first-order valence-corrected chi connectivity index (χ1v) is 26.5. The van der Waals surface area contributed by atoms with Gasteiger partial charge in [0, 0.05) is 5.92 Å². The summed E-state index contributed by atoms with van der Waals surface area (Å²) in [7, 11) is 0. The van der Waals surface area contributed by atoms with Gasteiger partial charge in [-0.3, -0.25) is 4.79 Å². The quantitative estimate of drug-likeness (QED) is 0.0569. The number of ether oxygens (including phenoxy) is 8. The predicted octanol–water partition coefficient (Wildman–Crippen LogP) is -2.69. The molecule has 29 atom stereocenters. The van der Waals surface area contributed by atoms with E-state index in [-0.39, 0.29) is 23.2 Å². The Hall–Kier alpha value is -2.18. The molecule has 0 radical (unpaired) electrons. The number of fused-ring (bicyclic) bond motifs is 7. The molecular weight excluding hydrogens is 993 g/mol. The molecule has 4 saturated heterocycles. The van der Waals surface area contributed by atoms with E-state index in [1.807, 2.05) is 13.0 Å². The highest BCUT2D eigenvalue weighted by atomic mass is 16.8. The zero-order valence-electron chi connectivity index (χ0n) is 43.3. The molecule has 23 heteroatoms. The molecule has 0 spiro atoms. The first-order valence-electron chi connectivity index (χ1n) is 26.5. The van der Waals surface area contributed by atoms with Crippen LogP contribution in [0.5, 0.6) is 0 Å². The highest BCUT2D eigenvalue weighted by Crippen LogP contribution is 2.75. The summed E-state index contributed by atoms with van der Waals surface area (Å²) in [6.45, 7) is 9.93. The molecule has 13 N–H and O–H groups in total. The van der Waals surface area contributed by atoms with Crippen LogP contribution in [0.1, 0.15) is 92.9 Å². The Bertz CT molecular complexity index is 2150. The zero-order chi connectivity index (χ0) is 54.6. The van der Waals surface area contributed by atoms with E-state index in [0.29, 0.717) is 44.9 Å². The molecule has 9 rings (SSSR count). The van der Waals surface area contributed by atoms with Crippen LogP contribution in [0.15, 0.2) is 23.3 Å². The fourth-order valence-corrected chi connectivity index (χ4v) is 15.5. The smallest absolute Gasteiger partial charge is 0.315 e. The lowest BCUT2D eigenvalue weighted by atomic mass is 9.33. The fourth-order valence-electron chi connectivity index (χ4n) is 15.5. The highest BCUT2D eigenvalue weighted by molar-refractivity contribution is 5.79. The Morgan fingerprint density at radius 3 is 2.07 bits per heavy atom. The molecule has 5 aliphatic carbocycles. The minimum Gasteiger partial charge on any atom is -0.432 e. The van der Waals surface area contributed by atoms with Gasteiger partial charge in [0.1, 0.15) is 91.7 Å². The zero-order valence-corrected chi connectivity index (χ0v) is 43.3. The number of aldehydes is 1. The summed E-state index contributed by atoms with van der Waals surface area (Å²) in [5, 5.41) is 141. The molecule has 426 valence electrons. The highest BCUT2D eigenvalue weighted by Gasteiger charge is 2.71. The van der Waals surface area contributed by atoms with Gasteiger partial charge in [-0.05, 0) is 93.3 Å². The van der Waals surface area contributed by atoms with E-state index in [1.165, 1.54) is 6.92 Å². The fraction of sp³-hybridized carbons (Fsp3) is 0.885. The van der Waals surface area contributed by atoms with Crippen LogP contribution in [0.3, 0.4) is 0 Å². The second-order valence-electron chi connectivity index (χ2n) is 24.3. The number of rotatable bonds is 11. The number of aliphatic hydroxyl groups is 13. The molecule has 0 unspecified atom stereocenters. The predicted molar refractivity (Wildman–Crippen MR) is 253 cm³/mol. The number of hydrogen-bond donors (Lipinski definition) is 13. The van der Waals surface area contributed by atoms with Crippen molar-refractivity contribution in [2.75, 3.05) is 19.8 Å². The van der Waals surface area contributed by atoms with E-state index in [0.717, 1.165) is 23.9 Å². The first kappa shape index (κ1) is 57.5. The topological polar surface area (TPSA) is 371 Å². The minimum atomic E-state index is -1.95. The second-order valence-corrected chi connectivity index (χ2v) is 24.3. The van der Waals surface area contributed by atoms with E-state index < -0.39 is 176 Å². The molecule has 0 bridgehead atoms. The van der Waals surface area contributed by atoms with Crippen LogP contribution in [0, 0.1) is 44.8 Å². The van der Waals surface area contributed by atoms with Gasteiger partial charge in [0.05, 0.1) is 49.0 Å². The van der Waals surface area contributed by atoms with Crippen molar-refractivity contribution >= 4 is 12.3 Å². The lowest BCUT2D eigenvalue weighted by Crippen LogP contribution is -2.67. The van der Waals surface area contributed by atoms with Crippen LogP contribution in [0.4, 0.5) is 0 Å². The van der Waals surface area contributed by atoms with Crippen LogP contribution >= 0.6 is 0 Å². The average Bonchev–Trinajstić information content (AvgIpc) is 3.37. The van der Waals surface area contributed by atoms with Crippen LogP contribution < -0.4 is 0 Å². The molecule has 75 heavy (non-hydrogen) atoms. The number of carbonyl (C=O) groups is 2. The molecule has 4 aliphatic heterocycles. The van der Waals surface area contributed by atoms with E-state index in [9.17, 15) is 76.0 Å². The summed E-state index contributed by atoms with van der Waals surface area (Å²) in [6, 6.07) is 0. The van der Waals surface area contributed by atoms with E-state index in [1.54, 1.807) is 6.92 Å². The van der Waals surface area contributed by atoms with Crippen LogP contribution in [-0.2, 0) is 47.5 Å². The standard InChI is InChI=1S/C52H80O23/c1-21-9-12-52(14-13-50(5)23(24(52)15-21)7-8-30-48(3)16-25(55)42(66)49(4,20-54)29(48)10-11-51(30,50)6)47(67)75-45-37(63)34(60)33(59)28(72-45)19-69-43-38(64)35(61)40(27(17-53)71-43)73-46-39(65)41(31(57)22(2)70-46)74-44-36(62)32(58)26(56)18-68-44/h7,9,20,22,24-46,53,55-66H,8,10-19H2,1-6H3/t22-,24-,25+,26+,27+,28+,29+,30+,31-,32-,33+,34-,35+,36+,37+,38+,39+,40+,41+,42-,43+,44-,45-,46-,48-,49-,50+,51+,52-/m0/s1. The minimum absolute atomic E-state index is 0.0536. The monoisotopic (exact) mass is 1070 g/mol. The van der Waals surface area contributed by atoms with Gasteiger partial charge in [0.25, 0.3) is 0 Å². The van der Waals surface area contributed by atoms with Crippen molar-refractivity contribution in [1.82, 2.24) is 0 Å². The number of hydrogen-bond acceptors (Lipinski definition) is 23. The van der Waals surface area contributed by atoms with Crippen LogP contribution in [0.25, 0.3) is 0 Å². The van der Waals surface area contributed by atoms with Crippen LogP contribution in [-0.4, -0.2) is 227 Å². The SMILES string of the molecule is CC1=CC[C@]2(C(=O)O[C@@H]3O[C@H](CO[C@@H]4O[C@H](CO)[C@@H](O[C@@H]5O[C@@H](C)[C@H](O)[C@@H](O[C@@H]6OC[C@@H](O)[C@H](O)[C@H]6O)[C@H]5O)[C@H](O)[C@H]4O)[C@@H](O)[C@H](O)[C@H]3O)CC[C@]3(C)C(=CC[C@@H]4[C@@]5(C)C[C@@H](O)[C@H](O)[C@@](C)(C=O)[C@@H]5CC[C@]43C)[C@@H]2C1. The van der Waals surface area contributed by atoms with Gasteiger partial charge in [0.15, 0.2) is 18.9 Å². The third-order valence-corrected chi connectivity index (χ3v) is 20.3. The largest absolute Gasteiger partial charge is 0.432 e. The van der Waals surface area contributed by atoms with Gasteiger partial charge in [-0.25, -0.2) is 0 Å². The summed E-state index contributed by atoms with van der Waals surface area (Å²) in [4.78, 5) is 27.6. The first-order chi connectivity index (χ1) is 35.2. The van der Waals surface area contributed by atoms with Crippen molar-refractivity contribution in [3.05, 3.63) is 23.3 Å². The average molecular weight is 1070 g/mol. The Labute approximate surface area is 434 Å². The third-order valence-electron chi connectivity index (χ3n) is 20.3. The van der Waals surface area contributed by atoms with Gasteiger partial charge in [-0.2, -0.15) is 0 Å². The molecule has 3 saturated carbocycles. The molecule has 4 heterocycles. The molecule has 9 aliphatic rings.